The molecule has 0 spiro atoms. The minimum atomic E-state index is -0.112. The highest BCUT2D eigenvalue weighted by Gasteiger charge is 2.21. The Morgan fingerprint density at radius 3 is 2.39 bits per heavy atom. The molecule has 0 bridgehead atoms. The lowest BCUT2D eigenvalue weighted by Gasteiger charge is -2.25. The Morgan fingerprint density at radius 1 is 1.44 bits per heavy atom. The van der Waals surface area contributed by atoms with E-state index in [2.05, 4.69) is 26.1 Å². The molecule has 18 heavy (non-hydrogen) atoms. The number of aliphatic hydroxyl groups excluding tert-OH is 1. The molecule has 3 atom stereocenters. The molecule has 108 valence electrons. The largest absolute Gasteiger partial charge is 0.395 e. The average molecular weight is 276 g/mol. The van der Waals surface area contributed by atoms with E-state index >= 15 is 0 Å². The fourth-order valence-corrected chi connectivity index (χ4v) is 2.56. The maximum atomic E-state index is 11.8. The lowest BCUT2D eigenvalue weighted by molar-refractivity contribution is -0.122. The van der Waals surface area contributed by atoms with Gasteiger partial charge in [0.2, 0.25) is 5.91 Å². The molecule has 0 rings (SSSR count). The highest BCUT2D eigenvalue weighted by molar-refractivity contribution is 7.99. The van der Waals surface area contributed by atoms with Crippen LogP contribution in [-0.4, -0.2) is 41.2 Å². The van der Waals surface area contributed by atoms with Crippen LogP contribution < -0.4 is 11.1 Å². The summed E-state index contributed by atoms with van der Waals surface area (Å²) < 4.78 is 0. The summed E-state index contributed by atoms with van der Waals surface area (Å²) >= 11 is 1.55. The summed E-state index contributed by atoms with van der Waals surface area (Å²) in [5.41, 5.74) is 6.10. The number of hydrogen-bond acceptors (Lipinski definition) is 4. The van der Waals surface area contributed by atoms with Crippen LogP contribution in [0.2, 0.25) is 0 Å². The van der Waals surface area contributed by atoms with Gasteiger partial charge in [0, 0.05) is 23.8 Å². The number of aliphatic hydroxyl groups is 1. The molecular formula is C13H28N2O2S. The maximum absolute atomic E-state index is 11.8. The van der Waals surface area contributed by atoms with E-state index in [-0.39, 0.29) is 35.3 Å². The second kappa shape index (κ2) is 8.02. The van der Waals surface area contributed by atoms with Crippen LogP contribution in [0.1, 0.15) is 40.5 Å². The number of nitrogens with one attached hydrogen (secondary N) is 1. The normalized spacial score (nSPS) is 17.1. The van der Waals surface area contributed by atoms with E-state index in [0.717, 1.165) is 6.42 Å². The lowest BCUT2D eigenvalue weighted by atomic mass is 9.87. The number of hydrogen-bond donors (Lipinski definition) is 3. The van der Waals surface area contributed by atoms with Crippen LogP contribution in [-0.2, 0) is 4.79 Å². The van der Waals surface area contributed by atoms with E-state index in [9.17, 15) is 4.79 Å². The van der Waals surface area contributed by atoms with Gasteiger partial charge < -0.3 is 16.2 Å². The van der Waals surface area contributed by atoms with Gasteiger partial charge in [-0.1, -0.05) is 20.8 Å². The van der Waals surface area contributed by atoms with E-state index in [1.807, 2.05) is 13.2 Å². The molecular weight excluding hydrogens is 248 g/mol. The molecule has 0 aliphatic heterocycles. The number of thioether (sulfide) groups is 1. The fourth-order valence-electron chi connectivity index (χ4n) is 1.94. The molecule has 0 heterocycles. The highest BCUT2D eigenvalue weighted by atomic mass is 32.2. The molecule has 0 saturated heterocycles. The predicted octanol–water partition coefficient (Wildman–Crippen LogP) is 1.37. The van der Waals surface area contributed by atoms with Gasteiger partial charge in [0.05, 0.1) is 6.61 Å². The number of carbonyl (C=O) groups excluding carboxylic acids is 1. The summed E-state index contributed by atoms with van der Waals surface area (Å²) in [5, 5.41) is 12.1. The van der Waals surface area contributed by atoms with Gasteiger partial charge in [0.15, 0.2) is 0 Å². The van der Waals surface area contributed by atoms with E-state index in [4.69, 9.17) is 10.8 Å². The van der Waals surface area contributed by atoms with Gasteiger partial charge >= 0.3 is 0 Å². The molecule has 1 amide bonds. The maximum Gasteiger partial charge on any atom is 0.221 e. The van der Waals surface area contributed by atoms with Crippen molar-refractivity contribution in [2.45, 2.75) is 57.9 Å². The van der Waals surface area contributed by atoms with Gasteiger partial charge in [-0.15, -0.1) is 0 Å². The van der Waals surface area contributed by atoms with E-state index in [1.54, 1.807) is 11.8 Å². The second-order valence-corrected chi connectivity index (χ2v) is 7.12. The first-order valence-corrected chi connectivity index (χ1v) is 7.67. The first-order chi connectivity index (χ1) is 8.19. The zero-order valence-electron chi connectivity index (χ0n) is 12.2. The smallest absolute Gasteiger partial charge is 0.221 e. The van der Waals surface area contributed by atoms with E-state index in [1.165, 1.54) is 0 Å². The Balaban J connectivity index is 4.11. The summed E-state index contributed by atoms with van der Waals surface area (Å²) in [6, 6.07) is -0.154. The third-order valence-electron chi connectivity index (χ3n) is 2.75. The number of nitrogens with two attached hydrogens (primary N) is 1. The first kappa shape index (κ1) is 17.7. The van der Waals surface area contributed by atoms with Crippen LogP contribution in [0, 0.1) is 5.41 Å². The van der Waals surface area contributed by atoms with Crippen molar-refractivity contribution in [1.82, 2.24) is 5.32 Å². The van der Waals surface area contributed by atoms with Crippen molar-refractivity contribution in [1.29, 1.82) is 0 Å². The molecule has 0 fully saturated rings. The van der Waals surface area contributed by atoms with Crippen molar-refractivity contribution in [2.75, 3.05) is 12.9 Å². The molecule has 4 N–H and O–H groups in total. The van der Waals surface area contributed by atoms with Crippen molar-refractivity contribution in [3.63, 3.8) is 0 Å². The van der Waals surface area contributed by atoms with E-state index < -0.39 is 0 Å². The minimum Gasteiger partial charge on any atom is -0.395 e. The van der Waals surface area contributed by atoms with Gasteiger partial charge in [0.25, 0.3) is 0 Å². The molecule has 3 unspecified atom stereocenters. The summed E-state index contributed by atoms with van der Waals surface area (Å²) in [7, 11) is 0. The molecule has 0 aromatic carbocycles. The zero-order chi connectivity index (χ0) is 14.3. The summed E-state index contributed by atoms with van der Waals surface area (Å²) in [4.78, 5) is 11.8. The Hall–Kier alpha value is -0.260. The highest BCUT2D eigenvalue weighted by Crippen LogP contribution is 2.21. The Bertz CT molecular complexity index is 250. The number of carbonyl (C=O) groups is 1. The van der Waals surface area contributed by atoms with Crippen LogP contribution in [0.4, 0.5) is 0 Å². The topological polar surface area (TPSA) is 75.3 Å². The zero-order valence-corrected chi connectivity index (χ0v) is 13.0. The van der Waals surface area contributed by atoms with Gasteiger partial charge in [-0.2, -0.15) is 11.8 Å². The van der Waals surface area contributed by atoms with E-state index in [0.29, 0.717) is 6.42 Å². The standard InChI is InChI=1S/C13H28N2O2S/c1-9(11(8-16)18-5)15-12(17)6-10(14)7-13(2,3)4/h9-11,16H,6-8,14H2,1-5H3,(H,15,17). The van der Waals surface area contributed by atoms with Gasteiger partial charge in [-0.25, -0.2) is 0 Å². The molecule has 0 radical (unpaired) electrons. The summed E-state index contributed by atoms with van der Waals surface area (Å²) in [6.07, 6.45) is 3.09. The quantitative estimate of drug-likeness (QED) is 0.656. The van der Waals surface area contributed by atoms with Gasteiger partial charge in [0.1, 0.15) is 0 Å². The van der Waals surface area contributed by atoms with Crippen LogP contribution in [0.25, 0.3) is 0 Å². The molecule has 0 aliphatic rings. The van der Waals surface area contributed by atoms with Crippen molar-refractivity contribution in [3.05, 3.63) is 0 Å². The Labute approximate surface area is 115 Å². The Morgan fingerprint density at radius 2 is 2.00 bits per heavy atom. The monoisotopic (exact) mass is 276 g/mol. The SMILES string of the molecule is CSC(CO)C(C)NC(=O)CC(N)CC(C)(C)C. The van der Waals surface area contributed by atoms with Gasteiger partial charge in [-0.05, 0) is 25.0 Å². The van der Waals surface area contributed by atoms with Crippen molar-refractivity contribution >= 4 is 17.7 Å². The summed E-state index contributed by atoms with van der Waals surface area (Å²) in [5.74, 6) is -0.0354. The van der Waals surface area contributed by atoms with Crippen molar-refractivity contribution < 1.29 is 9.90 Å². The van der Waals surface area contributed by atoms with Crippen molar-refractivity contribution in [3.8, 4) is 0 Å². The minimum absolute atomic E-state index is 0.0350. The van der Waals surface area contributed by atoms with Crippen LogP contribution in [0.5, 0.6) is 0 Å². The molecule has 5 heteroatoms. The van der Waals surface area contributed by atoms with Crippen LogP contribution in [0.3, 0.4) is 0 Å². The molecule has 0 aromatic rings. The van der Waals surface area contributed by atoms with Crippen LogP contribution in [0.15, 0.2) is 0 Å². The predicted molar refractivity (Wildman–Crippen MR) is 78.7 cm³/mol. The average Bonchev–Trinajstić information content (AvgIpc) is 2.15. The van der Waals surface area contributed by atoms with Crippen molar-refractivity contribution in [2.24, 2.45) is 11.1 Å². The lowest BCUT2D eigenvalue weighted by Crippen LogP contribution is -2.43. The fraction of sp³-hybridized carbons (Fsp3) is 0.923. The third-order valence-corrected chi connectivity index (χ3v) is 3.91. The number of rotatable bonds is 7. The second-order valence-electron chi connectivity index (χ2n) is 6.04. The molecule has 0 saturated carbocycles. The number of amides is 1. The molecule has 0 aliphatic carbocycles. The first-order valence-electron chi connectivity index (χ1n) is 6.38. The molecule has 0 aromatic heterocycles. The van der Waals surface area contributed by atoms with Crippen LogP contribution >= 0.6 is 11.8 Å². The third kappa shape index (κ3) is 7.95. The molecule has 4 nitrogen and oxygen atoms in total. The summed E-state index contributed by atoms with van der Waals surface area (Å²) in [6.45, 7) is 8.32. The Kier molecular flexibility index (Phi) is 7.90. The van der Waals surface area contributed by atoms with Gasteiger partial charge in [-0.3, -0.25) is 4.79 Å².